The van der Waals surface area contributed by atoms with E-state index >= 15 is 0 Å². The third-order valence-corrected chi connectivity index (χ3v) is 3.74. The molecule has 0 heterocycles. The Morgan fingerprint density at radius 3 is 2.45 bits per heavy atom. The van der Waals surface area contributed by atoms with Crippen LogP contribution in [0.2, 0.25) is 0 Å². The summed E-state index contributed by atoms with van der Waals surface area (Å²) in [4.78, 5) is 2.02. The molecule has 0 unspecified atom stereocenters. The highest BCUT2D eigenvalue weighted by Gasteiger charge is 2.32. The molecular weight excluding hydrogens is 269 g/mol. The molecule has 1 aromatic rings. The van der Waals surface area contributed by atoms with Crippen LogP contribution in [0, 0.1) is 0 Å². The second-order valence-electron chi connectivity index (χ2n) is 5.13. The van der Waals surface area contributed by atoms with E-state index < -0.39 is 11.7 Å². The monoisotopic (exact) mass is 288 g/mol. The summed E-state index contributed by atoms with van der Waals surface area (Å²) in [6.45, 7) is 0.667. The lowest BCUT2D eigenvalue weighted by atomic mass is 9.90. The van der Waals surface area contributed by atoms with Crippen molar-refractivity contribution in [2.45, 2.75) is 37.9 Å². The van der Waals surface area contributed by atoms with Gasteiger partial charge in [0.1, 0.15) is 0 Å². The van der Waals surface area contributed by atoms with Crippen LogP contribution in [0.5, 0.6) is 0 Å². The van der Waals surface area contributed by atoms with E-state index in [2.05, 4.69) is 0 Å². The maximum absolute atomic E-state index is 12.6. The average Bonchev–Trinajstić information content (AvgIpc) is 2.31. The number of hydrogen-bond donors (Lipinski definition) is 2. The molecule has 1 aliphatic carbocycles. The maximum atomic E-state index is 12.6. The smallest absolute Gasteiger partial charge is 0.397 e. The summed E-state index contributed by atoms with van der Waals surface area (Å²) in [5.41, 5.74) is 5.85. The van der Waals surface area contributed by atoms with Gasteiger partial charge in [0.2, 0.25) is 0 Å². The minimum atomic E-state index is -4.38. The highest BCUT2D eigenvalue weighted by atomic mass is 19.4. The molecule has 0 aliphatic heterocycles. The van der Waals surface area contributed by atoms with Gasteiger partial charge in [0.05, 0.1) is 16.9 Å². The first-order valence-corrected chi connectivity index (χ1v) is 6.77. The molecule has 0 bridgehead atoms. The van der Waals surface area contributed by atoms with Gasteiger partial charge in [0.15, 0.2) is 0 Å². The van der Waals surface area contributed by atoms with Gasteiger partial charge in [-0.1, -0.05) is 0 Å². The van der Waals surface area contributed by atoms with E-state index in [-0.39, 0.29) is 12.3 Å². The number of nitrogens with zero attached hydrogens (tertiary/aromatic N) is 1. The van der Waals surface area contributed by atoms with Crippen LogP contribution in [0.4, 0.5) is 24.5 Å². The third-order valence-electron chi connectivity index (χ3n) is 3.74. The number of nitrogens with two attached hydrogens (primary N) is 1. The van der Waals surface area contributed by atoms with Crippen LogP contribution in [0.1, 0.15) is 31.2 Å². The van der Waals surface area contributed by atoms with Crippen molar-refractivity contribution in [1.82, 2.24) is 0 Å². The maximum Gasteiger partial charge on any atom is 0.416 e. The topological polar surface area (TPSA) is 49.5 Å². The van der Waals surface area contributed by atoms with Gasteiger partial charge in [-0.15, -0.1) is 0 Å². The van der Waals surface area contributed by atoms with E-state index in [1.807, 2.05) is 4.90 Å². The van der Waals surface area contributed by atoms with E-state index in [1.54, 1.807) is 0 Å². The van der Waals surface area contributed by atoms with E-state index in [0.29, 0.717) is 24.7 Å². The largest absolute Gasteiger partial charge is 0.416 e. The molecule has 6 heteroatoms. The average molecular weight is 288 g/mol. The van der Waals surface area contributed by atoms with Gasteiger partial charge in [-0.25, -0.2) is 0 Å². The molecule has 0 spiro atoms. The van der Waals surface area contributed by atoms with Gasteiger partial charge >= 0.3 is 6.18 Å². The molecule has 3 nitrogen and oxygen atoms in total. The molecule has 1 fully saturated rings. The molecule has 1 aliphatic rings. The van der Waals surface area contributed by atoms with Gasteiger partial charge in [-0.05, 0) is 43.9 Å². The van der Waals surface area contributed by atoms with Crippen LogP contribution in [-0.4, -0.2) is 24.3 Å². The lowest BCUT2D eigenvalue weighted by molar-refractivity contribution is -0.137. The predicted octanol–water partition coefficient (Wildman–Crippen LogP) is 3.03. The lowest BCUT2D eigenvalue weighted by Gasteiger charge is -2.40. The zero-order valence-corrected chi connectivity index (χ0v) is 11.2. The van der Waals surface area contributed by atoms with Crippen LogP contribution in [0.3, 0.4) is 0 Å². The zero-order valence-electron chi connectivity index (χ0n) is 11.2. The van der Waals surface area contributed by atoms with Crippen LogP contribution in [0.25, 0.3) is 0 Å². The Balaban J connectivity index is 2.24. The van der Waals surface area contributed by atoms with Crippen molar-refractivity contribution in [3.05, 3.63) is 23.8 Å². The van der Waals surface area contributed by atoms with Crippen molar-refractivity contribution in [2.75, 3.05) is 23.8 Å². The highest BCUT2D eigenvalue weighted by Crippen LogP contribution is 2.37. The molecule has 3 N–H and O–H groups in total. The van der Waals surface area contributed by atoms with Crippen LogP contribution < -0.4 is 10.6 Å². The number of aliphatic hydroxyl groups excluding tert-OH is 1. The fourth-order valence-corrected chi connectivity index (χ4v) is 2.43. The van der Waals surface area contributed by atoms with Crippen molar-refractivity contribution in [3.8, 4) is 0 Å². The summed E-state index contributed by atoms with van der Waals surface area (Å²) in [6.07, 6.45) is -0.630. The van der Waals surface area contributed by atoms with Crippen LogP contribution in [0.15, 0.2) is 18.2 Å². The number of rotatable bonds is 5. The number of nitrogen functional groups attached to an aromatic ring is 1. The number of alkyl halides is 3. The van der Waals surface area contributed by atoms with Gasteiger partial charge < -0.3 is 15.7 Å². The second-order valence-corrected chi connectivity index (χ2v) is 5.13. The van der Waals surface area contributed by atoms with Gasteiger partial charge in [-0.3, -0.25) is 0 Å². The molecule has 0 amide bonds. The Kier molecular flexibility index (Phi) is 4.42. The van der Waals surface area contributed by atoms with E-state index in [4.69, 9.17) is 10.8 Å². The molecule has 1 saturated carbocycles. The SMILES string of the molecule is Nc1cc(C(F)(F)F)ccc1N(CCCO)C1CCC1. The van der Waals surface area contributed by atoms with Crippen molar-refractivity contribution >= 4 is 11.4 Å². The van der Waals surface area contributed by atoms with E-state index in [9.17, 15) is 13.2 Å². The van der Waals surface area contributed by atoms with Gasteiger partial charge in [0, 0.05) is 19.2 Å². The first-order chi connectivity index (χ1) is 9.43. The fourth-order valence-electron chi connectivity index (χ4n) is 2.43. The first-order valence-electron chi connectivity index (χ1n) is 6.77. The summed E-state index contributed by atoms with van der Waals surface area (Å²) in [6, 6.07) is 3.81. The number of hydrogen-bond acceptors (Lipinski definition) is 3. The lowest BCUT2D eigenvalue weighted by Crippen LogP contribution is -2.41. The Hall–Kier alpha value is -1.43. The number of aliphatic hydroxyl groups is 1. The van der Waals surface area contributed by atoms with E-state index in [0.717, 1.165) is 31.4 Å². The molecule has 0 radical (unpaired) electrons. The molecule has 0 aromatic heterocycles. The number of halogens is 3. The summed E-state index contributed by atoms with van der Waals surface area (Å²) in [7, 11) is 0. The normalized spacial score (nSPS) is 16.0. The molecule has 0 atom stereocenters. The van der Waals surface area contributed by atoms with Crippen molar-refractivity contribution in [3.63, 3.8) is 0 Å². The Labute approximate surface area is 116 Å². The van der Waals surface area contributed by atoms with Gasteiger partial charge in [-0.2, -0.15) is 13.2 Å². The van der Waals surface area contributed by atoms with Crippen LogP contribution >= 0.6 is 0 Å². The second kappa shape index (κ2) is 5.91. The Morgan fingerprint density at radius 1 is 1.30 bits per heavy atom. The summed E-state index contributed by atoms with van der Waals surface area (Å²) < 4.78 is 37.9. The highest BCUT2D eigenvalue weighted by molar-refractivity contribution is 5.69. The summed E-state index contributed by atoms with van der Waals surface area (Å²) >= 11 is 0. The summed E-state index contributed by atoms with van der Waals surface area (Å²) in [5.74, 6) is 0. The minimum absolute atomic E-state index is 0.0593. The Bertz CT molecular complexity index is 458. The molecule has 112 valence electrons. The number of benzene rings is 1. The first kappa shape index (κ1) is 15.0. The fraction of sp³-hybridized carbons (Fsp3) is 0.571. The predicted molar refractivity (Wildman–Crippen MR) is 72.5 cm³/mol. The third kappa shape index (κ3) is 3.17. The van der Waals surface area contributed by atoms with Gasteiger partial charge in [0.25, 0.3) is 0 Å². The molecule has 20 heavy (non-hydrogen) atoms. The molecule has 1 aromatic carbocycles. The number of anilines is 2. The van der Waals surface area contributed by atoms with Crippen LogP contribution in [-0.2, 0) is 6.18 Å². The Morgan fingerprint density at radius 2 is 2.00 bits per heavy atom. The molecule has 0 saturated heterocycles. The minimum Gasteiger partial charge on any atom is -0.397 e. The van der Waals surface area contributed by atoms with Crippen molar-refractivity contribution in [2.24, 2.45) is 0 Å². The molecular formula is C14H19F3N2O. The molecule has 2 rings (SSSR count). The summed E-state index contributed by atoms with van der Waals surface area (Å²) in [5, 5.41) is 8.95. The van der Waals surface area contributed by atoms with Crippen molar-refractivity contribution < 1.29 is 18.3 Å². The van der Waals surface area contributed by atoms with Crippen molar-refractivity contribution in [1.29, 1.82) is 0 Å². The zero-order chi connectivity index (χ0) is 14.8. The standard InChI is InChI=1S/C14H19F3N2O/c15-14(16,17)10-5-6-13(12(18)9-10)19(7-2-8-20)11-3-1-4-11/h5-6,9,11,20H,1-4,7-8,18H2. The van der Waals surface area contributed by atoms with E-state index in [1.165, 1.54) is 6.07 Å². The quantitative estimate of drug-likeness (QED) is 0.819.